The smallest absolute Gasteiger partial charge is 0.370 e. The van der Waals surface area contributed by atoms with Crippen LogP contribution in [0, 0.1) is 0 Å². The number of benzene rings is 1. The van der Waals surface area contributed by atoms with E-state index >= 15 is 0 Å². The van der Waals surface area contributed by atoms with Crippen molar-refractivity contribution in [3.05, 3.63) is 24.2 Å². The molecule has 0 spiro atoms. The molecule has 2 rings (SSSR count). The van der Waals surface area contributed by atoms with Crippen LogP contribution in [0.25, 0.3) is 0 Å². The molecule has 0 amide bonds. The van der Waals surface area contributed by atoms with E-state index in [0.29, 0.717) is 5.75 Å². The Hall–Kier alpha value is -1.38. The minimum Gasteiger partial charge on any atom is -0.461 e. The van der Waals surface area contributed by atoms with Crippen LogP contribution in [0.4, 0.5) is 10.1 Å². The Morgan fingerprint density at radius 2 is 2.07 bits per heavy atom. The van der Waals surface area contributed by atoms with Gasteiger partial charge in [-0.15, -0.1) is 11.8 Å². The highest BCUT2D eigenvalue weighted by atomic mass is 32.2. The summed E-state index contributed by atoms with van der Waals surface area (Å²) in [5, 5.41) is 0. The van der Waals surface area contributed by atoms with E-state index < -0.39 is 11.8 Å². The van der Waals surface area contributed by atoms with E-state index in [0.717, 1.165) is 34.8 Å². The van der Waals surface area contributed by atoms with Gasteiger partial charge in [0, 0.05) is 18.6 Å². The van der Waals surface area contributed by atoms with E-state index in [1.54, 1.807) is 18.9 Å². The molecule has 0 unspecified atom stereocenters. The maximum Gasteiger partial charge on any atom is 0.370 e. The summed E-state index contributed by atoms with van der Waals surface area (Å²) < 4.78 is 26.1. The van der Waals surface area contributed by atoms with Gasteiger partial charge in [-0.1, -0.05) is 0 Å². The Labute approximate surface area is 169 Å². The monoisotopic (exact) mass is 414 g/mol. The molecule has 150 valence electrons. The molecule has 5 nitrogen and oxygen atoms in total. The molecule has 0 N–H and O–H groups in total. The number of anilines is 1. The van der Waals surface area contributed by atoms with Crippen LogP contribution < -0.4 is 9.64 Å². The lowest BCUT2D eigenvalue weighted by Crippen LogP contribution is -2.43. The van der Waals surface area contributed by atoms with Gasteiger partial charge < -0.3 is 14.4 Å². The van der Waals surface area contributed by atoms with Crippen molar-refractivity contribution in [2.24, 2.45) is 0 Å². The topological polar surface area (TPSA) is 42.0 Å². The second-order valence-corrected chi connectivity index (χ2v) is 9.13. The molecule has 0 aliphatic carbocycles. The molecule has 1 aliphatic rings. The predicted octanol–water partition coefficient (Wildman–Crippen LogP) is 4.72. The minimum absolute atomic E-state index is 0.0333. The summed E-state index contributed by atoms with van der Waals surface area (Å²) >= 11 is 3.15. The third-order valence-corrected chi connectivity index (χ3v) is 5.78. The molecule has 27 heavy (non-hydrogen) atoms. The molecule has 1 aromatic rings. The second-order valence-electron chi connectivity index (χ2n) is 7.04. The number of hydrogen-bond donors (Lipinski definition) is 0. The Morgan fingerprint density at radius 3 is 2.67 bits per heavy atom. The van der Waals surface area contributed by atoms with E-state index in [2.05, 4.69) is 40.8 Å². The van der Waals surface area contributed by atoms with Crippen molar-refractivity contribution in [3.8, 4) is 5.75 Å². The van der Waals surface area contributed by atoms with Gasteiger partial charge in [-0.25, -0.2) is 9.10 Å². The van der Waals surface area contributed by atoms with Crippen LogP contribution in [0.1, 0.15) is 27.7 Å². The SMILES string of the molecule is CCOC(=O)/C(F)=C/Oc1cc2c(cc1SC)N(C(C)(C)C)CCN(C)S2. The highest BCUT2D eigenvalue weighted by Crippen LogP contribution is 2.44. The van der Waals surface area contributed by atoms with Gasteiger partial charge in [0.2, 0.25) is 5.83 Å². The minimum atomic E-state index is -1.06. The van der Waals surface area contributed by atoms with Gasteiger partial charge in [0.15, 0.2) is 0 Å². The number of ether oxygens (including phenoxy) is 2. The van der Waals surface area contributed by atoms with Gasteiger partial charge >= 0.3 is 5.97 Å². The summed E-state index contributed by atoms with van der Waals surface area (Å²) in [5.41, 5.74) is 1.09. The molecule has 0 bridgehead atoms. The Kier molecular flexibility index (Phi) is 7.47. The number of thioether (sulfide) groups is 1. The summed E-state index contributed by atoms with van der Waals surface area (Å²) in [6, 6.07) is 3.98. The first kappa shape index (κ1) is 21.9. The zero-order valence-corrected chi connectivity index (χ0v) is 18.3. The fraction of sp³-hybridized carbons (Fsp3) is 0.526. The number of esters is 1. The van der Waals surface area contributed by atoms with Gasteiger partial charge in [0.1, 0.15) is 12.0 Å². The molecular formula is C19H27FN2O3S2. The summed E-state index contributed by atoms with van der Waals surface area (Å²) in [6.07, 6.45) is 2.75. The van der Waals surface area contributed by atoms with Crippen LogP contribution in [-0.4, -0.2) is 48.8 Å². The third kappa shape index (κ3) is 5.56. The molecule has 8 heteroatoms. The van der Waals surface area contributed by atoms with Gasteiger partial charge in [0.05, 0.1) is 22.1 Å². The van der Waals surface area contributed by atoms with Crippen molar-refractivity contribution in [1.29, 1.82) is 0 Å². The van der Waals surface area contributed by atoms with Crippen LogP contribution in [0.15, 0.2) is 34.0 Å². The normalized spacial score (nSPS) is 16.0. The number of hydrogen-bond acceptors (Lipinski definition) is 7. The largest absolute Gasteiger partial charge is 0.461 e. The first-order chi connectivity index (χ1) is 12.7. The molecule has 1 heterocycles. The van der Waals surface area contributed by atoms with Crippen molar-refractivity contribution >= 4 is 35.4 Å². The number of fused-ring (bicyclic) bond motifs is 1. The number of carbonyl (C=O) groups excluding carboxylic acids is 1. The molecule has 0 atom stereocenters. The van der Waals surface area contributed by atoms with Gasteiger partial charge in [0.25, 0.3) is 0 Å². The summed E-state index contributed by atoms with van der Waals surface area (Å²) in [4.78, 5) is 15.7. The third-order valence-electron chi connectivity index (χ3n) is 4.00. The molecule has 0 radical (unpaired) electrons. The Bertz CT molecular complexity index is 720. The van der Waals surface area contributed by atoms with Crippen molar-refractivity contribution in [1.82, 2.24) is 4.31 Å². The lowest BCUT2D eigenvalue weighted by molar-refractivity contribution is -0.140. The maximum atomic E-state index is 13.8. The molecular weight excluding hydrogens is 387 g/mol. The first-order valence-corrected chi connectivity index (χ1v) is 10.8. The molecule has 0 fully saturated rings. The lowest BCUT2D eigenvalue weighted by Gasteiger charge is -2.37. The predicted molar refractivity (Wildman–Crippen MR) is 110 cm³/mol. The standard InChI is InChI=1S/C19H27FN2O3S2/c1-7-24-18(23)13(20)12-25-15-11-16-14(10-17(15)26-6)22(19(2,3)4)9-8-21(5)27-16/h10-12H,7-9H2,1-6H3/b13-12-. The Morgan fingerprint density at radius 1 is 1.37 bits per heavy atom. The average molecular weight is 415 g/mol. The first-order valence-electron chi connectivity index (χ1n) is 8.75. The quantitative estimate of drug-likeness (QED) is 0.227. The molecule has 1 aromatic carbocycles. The maximum absolute atomic E-state index is 13.8. The van der Waals surface area contributed by atoms with Crippen molar-refractivity contribution in [3.63, 3.8) is 0 Å². The van der Waals surface area contributed by atoms with Gasteiger partial charge in [-0.05, 0) is 65.1 Å². The zero-order valence-electron chi connectivity index (χ0n) is 16.7. The highest BCUT2D eigenvalue weighted by Gasteiger charge is 2.28. The van der Waals surface area contributed by atoms with Crippen LogP contribution in [0.3, 0.4) is 0 Å². The number of rotatable bonds is 5. The lowest BCUT2D eigenvalue weighted by atomic mass is 10.0. The number of halogens is 1. The molecule has 0 saturated carbocycles. The van der Waals surface area contributed by atoms with E-state index in [9.17, 15) is 9.18 Å². The zero-order chi connectivity index (χ0) is 20.2. The molecule has 0 aromatic heterocycles. The fourth-order valence-corrected chi connectivity index (χ4v) is 4.17. The van der Waals surface area contributed by atoms with Crippen molar-refractivity contribution in [2.45, 2.75) is 43.0 Å². The molecule has 1 aliphatic heterocycles. The average Bonchev–Trinajstić information content (AvgIpc) is 2.76. The summed E-state index contributed by atoms with van der Waals surface area (Å²) in [6.45, 7) is 10.1. The Balaban J connectivity index is 2.41. The number of likely N-dealkylation sites (N-methyl/N-ethyl adjacent to an activating group) is 1. The van der Waals surface area contributed by atoms with Crippen LogP contribution in [0.5, 0.6) is 5.75 Å². The van der Waals surface area contributed by atoms with Gasteiger partial charge in [-0.2, -0.15) is 4.39 Å². The van der Waals surface area contributed by atoms with Crippen LogP contribution >= 0.6 is 23.7 Å². The van der Waals surface area contributed by atoms with E-state index in [-0.39, 0.29) is 12.1 Å². The second kappa shape index (κ2) is 9.21. The van der Waals surface area contributed by atoms with E-state index in [4.69, 9.17) is 4.74 Å². The molecule has 0 saturated heterocycles. The van der Waals surface area contributed by atoms with Crippen molar-refractivity contribution < 1.29 is 18.7 Å². The van der Waals surface area contributed by atoms with Gasteiger partial charge in [-0.3, -0.25) is 0 Å². The fourth-order valence-electron chi connectivity index (χ4n) is 2.70. The number of carbonyl (C=O) groups is 1. The van der Waals surface area contributed by atoms with Crippen molar-refractivity contribution in [2.75, 3.05) is 37.9 Å². The number of nitrogens with zero attached hydrogens (tertiary/aromatic N) is 2. The van der Waals surface area contributed by atoms with E-state index in [1.165, 1.54) is 11.8 Å². The van der Waals surface area contributed by atoms with E-state index in [1.807, 2.05) is 19.4 Å². The summed E-state index contributed by atoms with van der Waals surface area (Å²) in [7, 11) is 2.05. The summed E-state index contributed by atoms with van der Waals surface area (Å²) in [5.74, 6) is -1.57. The van der Waals surface area contributed by atoms with Crippen LogP contribution in [0.2, 0.25) is 0 Å². The van der Waals surface area contributed by atoms with Crippen LogP contribution in [-0.2, 0) is 9.53 Å². The highest BCUT2D eigenvalue weighted by molar-refractivity contribution is 7.98.